The molecular formula is C31H50O3. The Hall–Kier alpha value is -1.09. The molecule has 4 rings (SSSR count). The summed E-state index contributed by atoms with van der Waals surface area (Å²) >= 11 is 0. The van der Waals surface area contributed by atoms with Crippen molar-refractivity contribution < 1.29 is 14.3 Å². The number of hydrogen-bond acceptors (Lipinski definition) is 3. The maximum absolute atomic E-state index is 12.7. The van der Waals surface area contributed by atoms with Gasteiger partial charge in [0.15, 0.2) is 0 Å². The van der Waals surface area contributed by atoms with Crippen molar-refractivity contribution in [3.05, 3.63) is 23.8 Å². The number of methoxy groups -OCH3 is 1. The van der Waals surface area contributed by atoms with Gasteiger partial charge in [0.2, 0.25) is 0 Å². The monoisotopic (exact) mass is 470 g/mol. The summed E-state index contributed by atoms with van der Waals surface area (Å²) in [6.45, 7) is 7.20. The van der Waals surface area contributed by atoms with Crippen LogP contribution < -0.4 is 0 Å². The average molecular weight is 471 g/mol. The lowest BCUT2D eigenvalue weighted by Gasteiger charge is -2.56. The molecule has 0 radical (unpaired) electrons. The van der Waals surface area contributed by atoms with Gasteiger partial charge in [0.1, 0.15) is 6.10 Å². The number of fused-ring (bicyclic) bond motifs is 5. The lowest BCUT2D eigenvalue weighted by molar-refractivity contribution is -0.158. The largest absolute Gasteiger partial charge is 0.462 e. The molecule has 0 N–H and O–H groups in total. The van der Waals surface area contributed by atoms with Crippen LogP contribution in [0.4, 0.5) is 0 Å². The van der Waals surface area contributed by atoms with E-state index in [4.69, 9.17) is 9.47 Å². The van der Waals surface area contributed by atoms with E-state index in [1.54, 1.807) is 0 Å². The van der Waals surface area contributed by atoms with Crippen molar-refractivity contribution in [2.45, 2.75) is 129 Å². The molecule has 0 aliphatic heterocycles. The second-order valence-electron chi connectivity index (χ2n) is 12.3. The Bertz CT molecular complexity index is 754. The van der Waals surface area contributed by atoms with Crippen LogP contribution in [-0.4, -0.2) is 25.3 Å². The molecule has 3 nitrogen and oxygen atoms in total. The highest BCUT2D eigenvalue weighted by Gasteiger charge is 2.59. The summed E-state index contributed by atoms with van der Waals surface area (Å²) in [5, 5.41) is 0. The molecule has 2 fully saturated rings. The van der Waals surface area contributed by atoms with Crippen molar-refractivity contribution in [3.63, 3.8) is 0 Å². The standard InChI is InChI=1S/C31H50O3/c1-5-6-7-8-9-10-11-12-13-29(32)34-28-17-16-26-25-15-14-23-22-24(33-4)18-20-30(23,2)27(25)19-21-31(26,28)3/h14-15,22,24-28H,5-13,16-21H2,1-4H3/t24?,25-,26-,27-,28-,30-,31-/m0/s1. The van der Waals surface area contributed by atoms with Crippen LogP contribution in [0.3, 0.4) is 0 Å². The summed E-state index contributed by atoms with van der Waals surface area (Å²) in [6, 6.07) is 0. The van der Waals surface area contributed by atoms with Gasteiger partial charge in [-0.3, -0.25) is 4.79 Å². The van der Waals surface area contributed by atoms with E-state index in [0.717, 1.165) is 19.3 Å². The molecule has 4 aliphatic rings. The number of rotatable bonds is 11. The van der Waals surface area contributed by atoms with Crippen LogP contribution in [0.1, 0.15) is 117 Å². The van der Waals surface area contributed by atoms with Gasteiger partial charge in [-0.2, -0.15) is 0 Å². The quantitative estimate of drug-likeness (QED) is 0.225. The second-order valence-corrected chi connectivity index (χ2v) is 12.3. The smallest absolute Gasteiger partial charge is 0.306 e. The van der Waals surface area contributed by atoms with E-state index in [0.29, 0.717) is 24.2 Å². The highest BCUT2D eigenvalue weighted by molar-refractivity contribution is 5.69. The molecule has 7 atom stereocenters. The van der Waals surface area contributed by atoms with Crippen molar-refractivity contribution >= 4 is 5.97 Å². The van der Waals surface area contributed by atoms with Gasteiger partial charge in [-0.1, -0.05) is 83.9 Å². The van der Waals surface area contributed by atoms with Crippen LogP contribution in [0.15, 0.2) is 23.8 Å². The van der Waals surface area contributed by atoms with E-state index in [1.165, 1.54) is 76.2 Å². The first-order valence-corrected chi connectivity index (χ1v) is 14.5. The zero-order valence-electron chi connectivity index (χ0n) is 22.5. The highest BCUT2D eigenvalue weighted by atomic mass is 16.5. The summed E-state index contributed by atoms with van der Waals surface area (Å²) in [4.78, 5) is 12.7. The summed E-state index contributed by atoms with van der Waals surface area (Å²) in [5.74, 6) is 2.03. The Morgan fingerprint density at radius 3 is 2.41 bits per heavy atom. The number of carbonyl (C=O) groups is 1. The van der Waals surface area contributed by atoms with Gasteiger partial charge in [0.05, 0.1) is 6.10 Å². The zero-order valence-corrected chi connectivity index (χ0v) is 22.5. The molecule has 2 saturated carbocycles. The number of hydrogen-bond donors (Lipinski definition) is 0. The Labute approximate surface area is 209 Å². The van der Waals surface area contributed by atoms with Gasteiger partial charge in [-0.25, -0.2) is 0 Å². The van der Waals surface area contributed by atoms with E-state index < -0.39 is 0 Å². The molecule has 0 aromatic carbocycles. The van der Waals surface area contributed by atoms with Gasteiger partial charge < -0.3 is 9.47 Å². The van der Waals surface area contributed by atoms with Gasteiger partial charge in [-0.05, 0) is 73.7 Å². The van der Waals surface area contributed by atoms with Crippen molar-refractivity contribution in [1.29, 1.82) is 0 Å². The fourth-order valence-electron chi connectivity index (χ4n) is 8.08. The Balaban J connectivity index is 1.30. The number of unbranched alkanes of at least 4 members (excludes halogenated alkanes) is 7. The van der Waals surface area contributed by atoms with Crippen LogP contribution in [0, 0.1) is 28.6 Å². The Kier molecular flexibility index (Phi) is 8.65. The van der Waals surface area contributed by atoms with Crippen LogP contribution in [0.2, 0.25) is 0 Å². The molecule has 0 heterocycles. The Morgan fingerprint density at radius 2 is 1.68 bits per heavy atom. The molecule has 192 valence electrons. The molecule has 0 amide bonds. The third kappa shape index (κ3) is 5.20. The SMILES string of the molecule is CCCCCCCCCCC(=O)O[C@H]1CC[C@H]2[C@@H]3C=CC4=CC(OC)CC[C@]4(C)[C@H]3CC[C@]12C. The van der Waals surface area contributed by atoms with E-state index in [2.05, 4.69) is 39.0 Å². The molecule has 34 heavy (non-hydrogen) atoms. The molecule has 0 bridgehead atoms. The second kappa shape index (κ2) is 11.3. The first-order chi connectivity index (χ1) is 16.4. The third-order valence-corrected chi connectivity index (χ3v) is 10.3. The van der Waals surface area contributed by atoms with Crippen molar-refractivity contribution in [2.75, 3.05) is 7.11 Å². The molecule has 0 saturated heterocycles. The Morgan fingerprint density at radius 1 is 0.941 bits per heavy atom. The van der Waals surface area contributed by atoms with E-state index in [9.17, 15) is 4.79 Å². The molecule has 3 heteroatoms. The number of allylic oxidation sites excluding steroid dienone is 3. The number of carbonyl (C=O) groups excluding carboxylic acids is 1. The first kappa shape index (κ1) is 26.0. The van der Waals surface area contributed by atoms with Crippen LogP contribution in [0.5, 0.6) is 0 Å². The van der Waals surface area contributed by atoms with Crippen molar-refractivity contribution in [1.82, 2.24) is 0 Å². The van der Waals surface area contributed by atoms with Crippen LogP contribution >= 0.6 is 0 Å². The fraction of sp³-hybridized carbons (Fsp3) is 0.839. The van der Waals surface area contributed by atoms with Gasteiger partial charge in [0.25, 0.3) is 0 Å². The summed E-state index contributed by atoms with van der Waals surface area (Å²) in [6.07, 6.45) is 25.5. The lowest BCUT2D eigenvalue weighted by Crippen LogP contribution is -2.50. The predicted octanol–water partition coefficient (Wildman–Crippen LogP) is 8.18. The van der Waals surface area contributed by atoms with Gasteiger partial charge >= 0.3 is 5.97 Å². The average Bonchev–Trinajstić information content (AvgIpc) is 3.16. The fourth-order valence-corrected chi connectivity index (χ4v) is 8.08. The van der Waals surface area contributed by atoms with Crippen molar-refractivity contribution in [3.8, 4) is 0 Å². The first-order valence-electron chi connectivity index (χ1n) is 14.5. The summed E-state index contributed by atoms with van der Waals surface area (Å²) in [7, 11) is 1.83. The van der Waals surface area contributed by atoms with E-state index in [1.807, 2.05) is 7.11 Å². The molecule has 4 aliphatic carbocycles. The number of ether oxygens (including phenoxy) is 2. The van der Waals surface area contributed by atoms with Crippen LogP contribution in [0.25, 0.3) is 0 Å². The minimum atomic E-state index is 0.0502. The van der Waals surface area contributed by atoms with E-state index in [-0.39, 0.29) is 29.0 Å². The zero-order chi connectivity index (χ0) is 24.2. The highest BCUT2D eigenvalue weighted by Crippen LogP contribution is 2.64. The van der Waals surface area contributed by atoms with E-state index >= 15 is 0 Å². The predicted molar refractivity (Wildman–Crippen MR) is 140 cm³/mol. The third-order valence-electron chi connectivity index (χ3n) is 10.3. The topological polar surface area (TPSA) is 35.5 Å². The summed E-state index contributed by atoms with van der Waals surface area (Å²) in [5.41, 5.74) is 1.92. The van der Waals surface area contributed by atoms with Gasteiger partial charge in [-0.15, -0.1) is 0 Å². The number of esters is 1. The minimum Gasteiger partial charge on any atom is -0.462 e. The lowest BCUT2D eigenvalue weighted by atomic mass is 9.49. The maximum atomic E-state index is 12.7. The molecule has 0 aromatic heterocycles. The summed E-state index contributed by atoms with van der Waals surface area (Å²) < 4.78 is 11.9. The molecule has 0 aromatic rings. The van der Waals surface area contributed by atoms with Crippen LogP contribution in [-0.2, 0) is 14.3 Å². The molecule has 0 spiro atoms. The normalized spacial score (nSPS) is 38.6. The molecule has 1 unspecified atom stereocenters. The maximum Gasteiger partial charge on any atom is 0.306 e. The van der Waals surface area contributed by atoms with Gasteiger partial charge in [0, 0.05) is 18.9 Å². The van der Waals surface area contributed by atoms with Crippen molar-refractivity contribution in [2.24, 2.45) is 28.6 Å². The molecular weight excluding hydrogens is 420 g/mol. The minimum absolute atomic E-state index is 0.0502.